The molecule has 1 aromatic carbocycles. The monoisotopic (exact) mass is 467 g/mol. The van der Waals surface area contributed by atoms with Crippen LogP contribution in [0.3, 0.4) is 0 Å². The second kappa shape index (κ2) is 11.9. The van der Waals surface area contributed by atoms with Crippen molar-refractivity contribution < 1.29 is 9.47 Å². The molecule has 0 aliphatic carbocycles. The first-order chi connectivity index (χ1) is 11.2. The Labute approximate surface area is 166 Å². The predicted molar refractivity (Wildman–Crippen MR) is 109 cm³/mol. The molecule has 0 aromatic heterocycles. The Bertz CT molecular complexity index is 493. The van der Waals surface area contributed by atoms with E-state index in [0.29, 0.717) is 13.2 Å². The molecule has 1 aliphatic rings. The normalized spacial score (nSPS) is 17.5. The first-order valence-electron chi connectivity index (χ1n) is 8.04. The lowest BCUT2D eigenvalue weighted by Crippen LogP contribution is -2.40. The summed E-state index contributed by atoms with van der Waals surface area (Å²) in [5.41, 5.74) is 1.19. The number of guanidine groups is 1. The lowest BCUT2D eigenvalue weighted by Gasteiger charge is -2.22. The van der Waals surface area contributed by atoms with Crippen LogP contribution < -0.4 is 5.32 Å². The molecule has 1 aromatic rings. The quantitative estimate of drug-likeness (QED) is 0.290. The van der Waals surface area contributed by atoms with E-state index >= 15 is 0 Å². The summed E-state index contributed by atoms with van der Waals surface area (Å²) in [5, 5.41) is 4.06. The molecule has 1 N–H and O–H groups in total. The average molecular weight is 468 g/mol. The summed E-state index contributed by atoms with van der Waals surface area (Å²) < 4.78 is 11.2. The molecular weight excluding hydrogens is 441 g/mol. The molecule has 0 radical (unpaired) electrons. The van der Waals surface area contributed by atoms with Crippen LogP contribution in [0.2, 0.25) is 5.02 Å². The van der Waals surface area contributed by atoms with Gasteiger partial charge in [-0.25, -0.2) is 0 Å². The van der Waals surface area contributed by atoms with Gasteiger partial charge < -0.3 is 19.7 Å². The maximum atomic E-state index is 5.91. The van der Waals surface area contributed by atoms with Crippen LogP contribution in [0.4, 0.5) is 0 Å². The Morgan fingerprint density at radius 2 is 2.17 bits per heavy atom. The van der Waals surface area contributed by atoms with Gasteiger partial charge in [-0.15, -0.1) is 24.0 Å². The van der Waals surface area contributed by atoms with E-state index in [0.717, 1.165) is 43.5 Å². The Kier molecular flexibility index (Phi) is 10.6. The highest BCUT2D eigenvalue weighted by Crippen LogP contribution is 2.12. The average Bonchev–Trinajstić information content (AvgIpc) is 3.06. The predicted octanol–water partition coefficient (Wildman–Crippen LogP) is 3.16. The highest BCUT2D eigenvalue weighted by atomic mass is 127. The van der Waals surface area contributed by atoms with Crippen LogP contribution in [0, 0.1) is 0 Å². The van der Waals surface area contributed by atoms with Gasteiger partial charge in [0.15, 0.2) is 5.96 Å². The van der Waals surface area contributed by atoms with E-state index in [2.05, 4.69) is 15.2 Å². The van der Waals surface area contributed by atoms with Crippen LogP contribution in [0.1, 0.15) is 18.4 Å². The van der Waals surface area contributed by atoms with Crippen molar-refractivity contribution in [2.24, 2.45) is 4.99 Å². The maximum absolute atomic E-state index is 5.91. The zero-order chi connectivity index (χ0) is 16.5. The van der Waals surface area contributed by atoms with Crippen LogP contribution in [-0.2, 0) is 16.0 Å². The number of nitrogens with zero attached hydrogens (tertiary/aromatic N) is 2. The summed E-state index contributed by atoms with van der Waals surface area (Å²) in [6.07, 6.45) is 2.54. The minimum atomic E-state index is 0. The van der Waals surface area contributed by atoms with E-state index in [-0.39, 0.29) is 30.1 Å². The van der Waals surface area contributed by atoms with Gasteiger partial charge in [0.2, 0.25) is 0 Å². The van der Waals surface area contributed by atoms with Gasteiger partial charge in [-0.05, 0) is 30.5 Å². The van der Waals surface area contributed by atoms with Gasteiger partial charge in [-0.1, -0.05) is 23.7 Å². The second-order valence-corrected chi connectivity index (χ2v) is 6.10. The van der Waals surface area contributed by atoms with Gasteiger partial charge >= 0.3 is 0 Å². The third kappa shape index (κ3) is 7.55. The molecule has 1 heterocycles. The number of rotatable bonds is 7. The van der Waals surface area contributed by atoms with E-state index in [4.69, 9.17) is 21.1 Å². The smallest absolute Gasteiger partial charge is 0.193 e. The summed E-state index contributed by atoms with van der Waals surface area (Å²) in [4.78, 5) is 6.37. The maximum Gasteiger partial charge on any atom is 0.193 e. The van der Waals surface area contributed by atoms with Crippen molar-refractivity contribution >= 4 is 41.5 Å². The van der Waals surface area contributed by atoms with E-state index in [1.807, 2.05) is 31.3 Å². The molecule has 1 fully saturated rings. The number of hydrogen-bond acceptors (Lipinski definition) is 3. The largest absolute Gasteiger partial charge is 0.377 e. The van der Waals surface area contributed by atoms with Crippen LogP contribution in [-0.4, -0.2) is 57.4 Å². The molecule has 0 bridgehead atoms. The number of nitrogens with one attached hydrogen (secondary N) is 1. The minimum Gasteiger partial charge on any atom is -0.377 e. The molecule has 1 aliphatic heterocycles. The van der Waals surface area contributed by atoms with Crippen LogP contribution in [0.5, 0.6) is 0 Å². The molecule has 1 atom stereocenters. The fourth-order valence-corrected chi connectivity index (χ4v) is 2.67. The molecule has 136 valence electrons. The standard InChI is InChI=1S/C17H26ClN3O2.HI/c1-19-17(20-9-11-22-13-16-4-3-10-23-16)21(2)12-14-5-7-15(18)8-6-14;/h5-8,16H,3-4,9-13H2,1-2H3,(H,19,20);1H. The van der Waals surface area contributed by atoms with Gasteiger partial charge in [0, 0.05) is 38.8 Å². The van der Waals surface area contributed by atoms with Gasteiger partial charge in [-0.3, -0.25) is 4.99 Å². The zero-order valence-electron chi connectivity index (χ0n) is 14.3. The number of benzene rings is 1. The van der Waals surface area contributed by atoms with E-state index in [1.54, 1.807) is 7.05 Å². The number of hydrogen-bond donors (Lipinski definition) is 1. The Hall–Kier alpha value is -0.570. The van der Waals surface area contributed by atoms with Crippen LogP contribution >= 0.6 is 35.6 Å². The van der Waals surface area contributed by atoms with Crippen LogP contribution in [0.15, 0.2) is 29.3 Å². The first-order valence-corrected chi connectivity index (χ1v) is 8.42. The van der Waals surface area contributed by atoms with Gasteiger partial charge in [0.25, 0.3) is 0 Å². The summed E-state index contributed by atoms with van der Waals surface area (Å²) in [7, 11) is 3.80. The Morgan fingerprint density at radius 1 is 1.42 bits per heavy atom. The number of halogens is 2. The van der Waals surface area contributed by atoms with Crippen molar-refractivity contribution in [2.75, 3.05) is 40.5 Å². The third-order valence-corrected chi connectivity index (χ3v) is 4.02. The van der Waals surface area contributed by atoms with Crippen molar-refractivity contribution in [3.05, 3.63) is 34.9 Å². The van der Waals surface area contributed by atoms with E-state index in [9.17, 15) is 0 Å². The second-order valence-electron chi connectivity index (χ2n) is 5.67. The van der Waals surface area contributed by atoms with Crippen molar-refractivity contribution in [3.8, 4) is 0 Å². The van der Waals surface area contributed by atoms with Gasteiger partial charge in [0.1, 0.15) is 0 Å². The molecule has 7 heteroatoms. The SMILES string of the molecule is CN=C(NCCOCC1CCCO1)N(C)Cc1ccc(Cl)cc1.I. The third-order valence-electron chi connectivity index (χ3n) is 3.76. The van der Waals surface area contributed by atoms with Crippen molar-refractivity contribution in [2.45, 2.75) is 25.5 Å². The fraction of sp³-hybridized carbons (Fsp3) is 0.588. The summed E-state index contributed by atoms with van der Waals surface area (Å²) >= 11 is 5.91. The lowest BCUT2D eigenvalue weighted by molar-refractivity contribution is 0.0190. The molecule has 0 saturated carbocycles. The van der Waals surface area contributed by atoms with Crippen LogP contribution in [0.25, 0.3) is 0 Å². The molecule has 2 rings (SSSR count). The molecule has 24 heavy (non-hydrogen) atoms. The van der Waals surface area contributed by atoms with Crippen molar-refractivity contribution in [3.63, 3.8) is 0 Å². The van der Waals surface area contributed by atoms with Crippen molar-refractivity contribution in [1.82, 2.24) is 10.2 Å². The number of ether oxygens (including phenoxy) is 2. The summed E-state index contributed by atoms with van der Waals surface area (Å²) in [6.45, 7) is 3.70. The molecule has 0 spiro atoms. The lowest BCUT2D eigenvalue weighted by atomic mass is 10.2. The summed E-state index contributed by atoms with van der Waals surface area (Å²) in [5.74, 6) is 0.848. The fourth-order valence-electron chi connectivity index (χ4n) is 2.55. The van der Waals surface area contributed by atoms with E-state index in [1.165, 1.54) is 5.56 Å². The van der Waals surface area contributed by atoms with Crippen molar-refractivity contribution in [1.29, 1.82) is 0 Å². The molecule has 5 nitrogen and oxygen atoms in total. The highest BCUT2D eigenvalue weighted by molar-refractivity contribution is 14.0. The van der Waals surface area contributed by atoms with Gasteiger partial charge in [-0.2, -0.15) is 0 Å². The minimum absolute atomic E-state index is 0. The zero-order valence-corrected chi connectivity index (χ0v) is 17.4. The molecule has 1 saturated heterocycles. The van der Waals surface area contributed by atoms with E-state index < -0.39 is 0 Å². The molecule has 1 unspecified atom stereocenters. The molecular formula is C17H27ClIN3O2. The Balaban J connectivity index is 0.00000288. The molecule has 0 amide bonds. The Morgan fingerprint density at radius 3 is 2.79 bits per heavy atom. The van der Waals surface area contributed by atoms with Gasteiger partial charge in [0.05, 0.1) is 19.3 Å². The first kappa shape index (κ1) is 21.5. The summed E-state index contributed by atoms with van der Waals surface area (Å²) in [6, 6.07) is 7.85. The number of aliphatic imine (C=N–C) groups is 1. The topological polar surface area (TPSA) is 46.1 Å². The highest BCUT2D eigenvalue weighted by Gasteiger charge is 2.15.